The van der Waals surface area contributed by atoms with Gasteiger partial charge >= 0.3 is 0 Å². The van der Waals surface area contributed by atoms with Gasteiger partial charge in [0, 0.05) is 12.5 Å². The van der Waals surface area contributed by atoms with E-state index >= 15 is 0 Å². The van der Waals surface area contributed by atoms with Crippen LogP contribution in [0.1, 0.15) is 12.2 Å². The molecule has 0 aromatic carbocycles. The lowest BCUT2D eigenvalue weighted by Gasteiger charge is -2.12. The zero-order valence-corrected chi connectivity index (χ0v) is 9.71. The summed E-state index contributed by atoms with van der Waals surface area (Å²) in [6.45, 7) is 0. The summed E-state index contributed by atoms with van der Waals surface area (Å²) in [7, 11) is 3.76. The molecule has 80 valence electrons. The summed E-state index contributed by atoms with van der Waals surface area (Å²) in [4.78, 5) is 1.50. The van der Waals surface area contributed by atoms with E-state index in [0.717, 1.165) is 24.4 Å². The van der Waals surface area contributed by atoms with Crippen LogP contribution >= 0.6 is 11.8 Å². The van der Waals surface area contributed by atoms with Crippen LogP contribution in [0.4, 0.5) is 0 Å². The van der Waals surface area contributed by atoms with Gasteiger partial charge in [-0.1, -0.05) is 0 Å². The third-order valence-electron chi connectivity index (χ3n) is 2.06. The van der Waals surface area contributed by atoms with Crippen LogP contribution in [0.2, 0.25) is 0 Å². The lowest BCUT2D eigenvalue weighted by Crippen LogP contribution is -2.28. The summed E-state index contributed by atoms with van der Waals surface area (Å²) in [5.41, 5.74) is 0. The highest BCUT2D eigenvalue weighted by molar-refractivity contribution is 7.98. The molecule has 0 saturated carbocycles. The fourth-order valence-electron chi connectivity index (χ4n) is 1.23. The second kappa shape index (κ2) is 5.98. The topological polar surface area (TPSA) is 55.6 Å². The molecule has 0 amide bonds. The number of hydrogen-bond acceptors (Lipinski definition) is 5. The lowest BCUT2D eigenvalue weighted by atomic mass is 10.1. The average molecular weight is 215 g/mol. The van der Waals surface area contributed by atoms with E-state index in [1.54, 1.807) is 7.05 Å². The zero-order valence-electron chi connectivity index (χ0n) is 8.90. The quantitative estimate of drug-likeness (QED) is 0.729. The van der Waals surface area contributed by atoms with E-state index in [-0.39, 0.29) is 0 Å². The summed E-state index contributed by atoms with van der Waals surface area (Å²) in [6.07, 6.45) is 4.11. The first-order valence-corrected chi connectivity index (χ1v) is 6.04. The predicted molar refractivity (Wildman–Crippen MR) is 58.3 cm³/mol. The van der Waals surface area contributed by atoms with Crippen molar-refractivity contribution in [3.05, 3.63) is 5.82 Å². The Balaban J connectivity index is 2.40. The molecule has 0 saturated heterocycles. The molecule has 14 heavy (non-hydrogen) atoms. The van der Waals surface area contributed by atoms with Gasteiger partial charge in [-0.3, -0.25) is 0 Å². The van der Waals surface area contributed by atoms with Gasteiger partial charge in [0.05, 0.1) is 7.05 Å². The highest BCUT2D eigenvalue weighted by Crippen LogP contribution is 2.04. The van der Waals surface area contributed by atoms with E-state index < -0.39 is 0 Å². The van der Waals surface area contributed by atoms with Crippen LogP contribution < -0.4 is 5.32 Å². The Morgan fingerprint density at radius 1 is 1.57 bits per heavy atom. The molecule has 1 rings (SSSR count). The molecule has 1 aromatic heterocycles. The molecule has 0 fully saturated rings. The minimum absolute atomic E-state index is 0.451. The van der Waals surface area contributed by atoms with Crippen molar-refractivity contribution < 1.29 is 0 Å². The minimum atomic E-state index is 0.451. The Morgan fingerprint density at radius 2 is 2.36 bits per heavy atom. The Kier molecular flexibility index (Phi) is 4.89. The van der Waals surface area contributed by atoms with Gasteiger partial charge in [-0.25, -0.2) is 0 Å². The number of hydrogen-bond donors (Lipinski definition) is 1. The van der Waals surface area contributed by atoms with Crippen LogP contribution in [0.25, 0.3) is 0 Å². The molecule has 0 radical (unpaired) electrons. The van der Waals surface area contributed by atoms with Gasteiger partial charge in [-0.15, -0.1) is 10.2 Å². The van der Waals surface area contributed by atoms with E-state index in [2.05, 4.69) is 27.0 Å². The maximum Gasteiger partial charge on any atom is 0.176 e. The van der Waals surface area contributed by atoms with Crippen LogP contribution in [0.15, 0.2) is 0 Å². The van der Waals surface area contributed by atoms with Crippen LogP contribution in [0.3, 0.4) is 0 Å². The second-order valence-corrected chi connectivity index (χ2v) is 4.15. The molecule has 1 heterocycles. The number of nitrogens with zero attached hydrogens (tertiary/aromatic N) is 4. The predicted octanol–water partition coefficient (Wildman–Crippen LogP) is 0.0937. The molecule has 0 aliphatic heterocycles. The van der Waals surface area contributed by atoms with Crippen molar-refractivity contribution in [2.45, 2.75) is 18.9 Å². The summed E-state index contributed by atoms with van der Waals surface area (Å²) < 4.78 is 0. The van der Waals surface area contributed by atoms with Gasteiger partial charge in [-0.2, -0.15) is 16.6 Å². The number of aryl methyl sites for hydroxylation is 1. The number of tetrazole rings is 1. The lowest BCUT2D eigenvalue weighted by molar-refractivity contribution is 0.532. The van der Waals surface area contributed by atoms with Crippen molar-refractivity contribution in [2.75, 3.05) is 19.1 Å². The maximum absolute atomic E-state index is 4.15. The molecule has 1 atom stereocenters. The number of nitrogens with one attached hydrogen (secondary N) is 1. The monoisotopic (exact) mass is 215 g/mol. The highest BCUT2D eigenvalue weighted by Gasteiger charge is 2.10. The molecular weight excluding hydrogens is 198 g/mol. The third-order valence-corrected chi connectivity index (χ3v) is 2.70. The molecule has 0 spiro atoms. The second-order valence-electron chi connectivity index (χ2n) is 3.17. The summed E-state index contributed by atoms with van der Waals surface area (Å²) in [6, 6.07) is 0.451. The van der Waals surface area contributed by atoms with Crippen molar-refractivity contribution in [2.24, 2.45) is 7.05 Å². The van der Waals surface area contributed by atoms with E-state index in [0.29, 0.717) is 6.04 Å². The molecule has 1 aromatic rings. The SMILES string of the molecule is CNC(CCSC)Cc1nnn(C)n1. The molecule has 1 N–H and O–H groups in total. The van der Waals surface area contributed by atoms with Gasteiger partial charge in [-0.05, 0) is 30.7 Å². The molecule has 5 nitrogen and oxygen atoms in total. The van der Waals surface area contributed by atoms with Crippen molar-refractivity contribution in [1.29, 1.82) is 0 Å². The fraction of sp³-hybridized carbons (Fsp3) is 0.875. The molecule has 0 aliphatic rings. The molecule has 6 heteroatoms. The minimum Gasteiger partial charge on any atom is -0.317 e. The Labute approximate surface area is 88.6 Å². The van der Waals surface area contributed by atoms with Crippen LogP contribution in [-0.4, -0.2) is 45.3 Å². The highest BCUT2D eigenvalue weighted by atomic mass is 32.2. The van der Waals surface area contributed by atoms with Gasteiger partial charge in [0.2, 0.25) is 0 Å². The third kappa shape index (κ3) is 3.63. The van der Waals surface area contributed by atoms with Crippen LogP contribution in [0, 0.1) is 0 Å². The van der Waals surface area contributed by atoms with Crippen LogP contribution in [0.5, 0.6) is 0 Å². The van der Waals surface area contributed by atoms with Crippen molar-refractivity contribution in [1.82, 2.24) is 25.5 Å². The number of rotatable bonds is 6. The number of thioether (sulfide) groups is 1. The van der Waals surface area contributed by atoms with Gasteiger partial charge in [0.25, 0.3) is 0 Å². The smallest absolute Gasteiger partial charge is 0.176 e. The molecular formula is C8H17N5S. The fourth-order valence-corrected chi connectivity index (χ4v) is 1.75. The summed E-state index contributed by atoms with van der Waals surface area (Å²) in [5, 5.41) is 15.2. The van der Waals surface area contributed by atoms with E-state index in [9.17, 15) is 0 Å². The first-order chi connectivity index (χ1) is 6.76. The first-order valence-electron chi connectivity index (χ1n) is 4.65. The number of aromatic nitrogens is 4. The van der Waals surface area contributed by atoms with Crippen molar-refractivity contribution in [3.63, 3.8) is 0 Å². The maximum atomic E-state index is 4.15. The van der Waals surface area contributed by atoms with E-state index in [4.69, 9.17) is 0 Å². The van der Waals surface area contributed by atoms with Gasteiger partial charge in [0.15, 0.2) is 5.82 Å². The summed E-state index contributed by atoms with van der Waals surface area (Å²) in [5.74, 6) is 1.97. The normalized spacial score (nSPS) is 13.1. The Morgan fingerprint density at radius 3 is 2.86 bits per heavy atom. The first kappa shape index (κ1) is 11.5. The summed E-state index contributed by atoms with van der Waals surface area (Å²) >= 11 is 1.86. The Bertz CT molecular complexity index is 262. The molecule has 0 bridgehead atoms. The van der Waals surface area contributed by atoms with Crippen molar-refractivity contribution >= 4 is 11.8 Å². The standard InChI is InChI=1S/C8H17N5S/c1-9-7(4-5-14-3)6-8-10-12-13(2)11-8/h7,9H,4-6H2,1-3H3. The van der Waals surface area contributed by atoms with Crippen molar-refractivity contribution in [3.8, 4) is 0 Å². The van der Waals surface area contributed by atoms with E-state index in [1.165, 1.54) is 4.80 Å². The largest absolute Gasteiger partial charge is 0.317 e. The Hall–Kier alpha value is -0.620. The van der Waals surface area contributed by atoms with Crippen LogP contribution in [-0.2, 0) is 13.5 Å². The van der Waals surface area contributed by atoms with Gasteiger partial charge < -0.3 is 5.32 Å². The number of likely N-dealkylation sites (N-methyl/N-ethyl adjacent to an activating group) is 1. The molecule has 1 unspecified atom stereocenters. The van der Waals surface area contributed by atoms with E-state index in [1.807, 2.05) is 18.8 Å². The average Bonchev–Trinajstić information content (AvgIpc) is 2.58. The zero-order chi connectivity index (χ0) is 10.4. The molecule has 0 aliphatic carbocycles. The van der Waals surface area contributed by atoms with Gasteiger partial charge in [0.1, 0.15) is 0 Å².